The summed E-state index contributed by atoms with van der Waals surface area (Å²) in [7, 11) is 0. The fourth-order valence-corrected chi connectivity index (χ4v) is 1.99. The minimum Gasteiger partial charge on any atom is -0.480 e. The molecule has 1 saturated carbocycles. The van der Waals surface area contributed by atoms with Crippen LogP contribution in [0.4, 0.5) is 4.39 Å². The van der Waals surface area contributed by atoms with Gasteiger partial charge in [-0.2, -0.15) is 0 Å². The van der Waals surface area contributed by atoms with E-state index >= 15 is 0 Å². The smallest absolute Gasteiger partial charge is 0.325 e. The molecule has 0 aromatic heterocycles. The van der Waals surface area contributed by atoms with E-state index in [4.69, 9.17) is 5.11 Å². The highest BCUT2D eigenvalue weighted by Crippen LogP contribution is 2.49. The molecule has 1 amide bonds. The van der Waals surface area contributed by atoms with Crippen molar-refractivity contribution in [2.75, 3.05) is 0 Å². The van der Waals surface area contributed by atoms with Crippen LogP contribution in [0.15, 0.2) is 24.3 Å². The van der Waals surface area contributed by atoms with E-state index in [1.807, 2.05) is 0 Å². The Hall–Kier alpha value is -1.91. The van der Waals surface area contributed by atoms with Gasteiger partial charge in [0.1, 0.15) is 11.9 Å². The van der Waals surface area contributed by atoms with Crippen molar-refractivity contribution in [2.45, 2.75) is 31.2 Å². The lowest BCUT2D eigenvalue weighted by Crippen LogP contribution is -2.44. The number of hydrogen-bond donors (Lipinski definition) is 2. The molecule has 18 heavy (non-hydrogen) atoms. The third-order valence-electron chi connectivity index (χ3n) is 3.29. The molecule has 2 N–H and O–H groups in total. The zero-order chi connectivity index (χ0) is 13.3. The van der Waals surface area contributed by atoms with Gasteiger partial charge in [-0.15, -0.1) is 0 Å². The van der Waals surface area contributed by atoms with Crippen LogP contribution in [-0.4, -0.2) is 23.0 Å². The molecule has 0 radical (unpaired) electrons. The van der Waals surface area contributed by atoms with E-state index in [-0.39, 0.29) is 0 Å². The van der Waals surface area contributed by atoms with E-state index in [9.17, 15) is 14.0 Å². The summed E-state index contributed by atoms with van der Waals surface area (Å²) in [5.74, 6) is -1.94. The zero-order valence-corrected chi connectivity index (χ0v) is 9.94. The molecule has 0 aliphatic heterocycles. The predicted octanol–water partition coefficient (Wildman–Crippen LogP) is 1.45. The molecule has 1 fully saturated rings. The molecular formula is C13H14FNO3. The van der Waals surface area contributed by atoms with Crippen molar-refractivity contribution in [3.05, 3.63) is 35.6 Å². The van der Waals surface area contributed by atoms with Crippen LogP contribution in [-0.2, 0) is 15.0 Å². The number of amides is 1. The normalized spacial score (nSPS) is 17.9. The first-order valence-electron chi connectivity index (χ1n) is 5.76. The SMILES string of the molecule is C[C@@H](NC(=O)C1(c2ccccc2F)CC1)C(=O)O. The van der Waals surface area contributed by atoms with Crippen LogP contribution in [0.3, 0.4) is 0 Å². The molecule has 1 aliphatic rings. The second-order valence-corrected chi connectivity index (χ2v) is 4.60. The number of benzene rings is 1. The summed E-state index contributed by atoms with van der Waals surface area (Å²) in [4.78, 5) is 22.8. The third-order valence-corrected chi connectivity index (χ3v) is 3.29. The summed E-state index contributed by atoms with van der Waals surface area (Å²) in [5.41, 5.74) is -0.533. The maximum atomic E-state index is 13.7. The Morgan fingerprint density at radius 1 is 1.39 bits per heavy atom. The van der Waals surface area contributed by atoms with E-state index in [0.29, 0.717) is 18.4 Å². The highest BCUT2D eigenvalue weighted by Gasteiger charge is 2.53. The molecule has 5 heteroatoms. The number of carboxylic acid groups (broad SMARTS) is 1. The van der Waals surface area contributed by atoms with Gasteiger partial charge in [0.15, 0.2) is 0 Å². The topological polar surface area (TPSA) is 66.4 Å². The fourth-order valence-electron chi connectivity index (χ4n) is 1.99. The Bertz CT molecular complexity index is 497. The van der Waals surface area contributed by atoms with Crippen molar-refractivity contribution in [1.29, 1.82) is 0 Å². The van der Waals surface area contributed by atoms with Crippen LogP contribution >= 0.6 is 0 Å². The number of aliphatic carboxylic acids is 1. The maximum absolute atomic E-state index is 13.7. The van der Waals surface area contributed by atoms with E-state index in [0.717, 1.165) is 0 Å². The first-order valence-corrected chi connectivity index (χ1v) is 5.76. The third kappa shape index (κ3) is 2.08. The Balaban J connectivity index is 2.20. The lowest BCUT2D eigenvalue weighted by Gasteiger charge is -2.18. The first-order chi connectivity index (χ1) is 8.47. The number of rotatable bonds is 4. The summed E-state index contributed by atoms with van der Waals surface area (Å²) in [6.07, 6.45) is 1.10. The van der Waals surface area contributed by atoms with Gasteiger partial charge < -0.3 is 10.4 Å². The molecule has 0 unspecified atom stereocenters. The highest BCUT2D eigenvalue weighted by molar-refractivity contribution is 5.93. The Labute approximate surface area is 104 Å². The standard InChI is InChI=1S/C13H14FNO3/c1-8(11(16)17)15-12(18)13(6-7-13)9-4-2-3-5-10(9)14/h2-5,8H,6-7H2,1H3,(H,15,18)(H,16,17)/t8-/m1/s1. The number of carbonyl (C=O) groups is 2. The summed E-state index contributed by atoms with van der Waals surface area (Å²) in [6, 6.07) is 5.15. The summed E-state index contributed by atoms with van der Waals surface area (Å²) in [6.45, 7) is 1.39. The number of carbonyl (C=O) groups excluding carboxylic acids is 1. The fraction of sp³-hybridized carbons (Fsp3) is 0.385. The molecule has 96 valence electrons. The van der Waals surface area contributed by atoms with Gasteiger partial charge in [-0.25, -0.2) is 4.39 Å². The van der Waals surface area contributed by atoms with Crippen molar-refractivity contribution in [3.63, 3.8) is 0 Å². The Morgan fingerprint density at radius 3 is 2.50 bits per heavy atom. The number of nitrogens with one attached hydrogen (secondary N) is 1. The van der Waals surface area contributed by atoms with Gasteiger partial charge in [-0.05, 0) is 25.8 Å². The van der Waals surface area contributed by atoms with Gasteiger partial charge in [0.2, 0.25) is 5.91 Å². The van der Waals surface area contributed by atoms with Crippen molar-refractivity contribution in [1.82, 2.24) is 5.32 Å². The molecular weight excluding hydrogens is 237 g/mol. The average Bonchev–Trinajstić information content (AvgIpc) is 3.10. The molecule has 2 rings (SSSR count). The van der Waals surface area contributed by atoms with Gasteiger partial charge in [0.25, 0.3) is 0 Å². The largest absolute Gasteiger partial charge is 0.480 e. The van der Waals surface area contributed by atoms with Crippen LogP contribution in [0.25, 0.3) is 0 Å². The first kappa shape index (κ1) is 12.5. The molecule has 0 heterocycles. The minimum absolute atomic E-state index is 0.347. The summed E-state index contributed by atoms with van der Waals surface area (Å²) in [5, 5.41) is 11.2. The quantitative estimate of drug-likeness (QED) is 0.851. The van der Waals surface area contributed by atoms with E-state index in [2.05, 4.69) is 5.32 Å². The van der Waals surface area contributed by atoms with Crippen LogP contribution in [0.2, 0.25) is 0 Å². The molecule has 0 spiro atoms. The van der Waals surface area contributed by atoms with Crippen molar-refractivity contribution in [3.8, 4) is 0 Å². The zero-order valence-electron chi connectivity index (χ0n) is 9.94. The lowest BCUT2D eigenvalue weighted by atomic mass is 9.94. The van der Waals surface area contributed by atoms with E-state index < -0.39 is 29.2 Å². The van der Waals surface area contributed by atoms with Gasteiger partial charge in [-0.1, -0.05) is 18.2 Å². The van der Waals surface area contributed by atoms with Gasteiger partial charge in [-0.3, -0.25) is 9.59 Å². The molecule has 0 bridgehead atoms. The maximum Gasteiger partial charge on any atom is 0.325 e. The van der Waals surface area contributed by atoms with Crippen molar-refractivity contribution in [2.24, 2.45) is 0 Å². The highest BCUT2D eigenvalue weighted by atomic mass is 19.1. The molecule has 1 aromatic rings. The number of halogens is 1. The molecule has 1 atom stereocenters. The predicted molar refractivity (Wildman–Crippen MR) is 62.6 cm³/mol. The number of carboxylic acids is 1. The molecule has 4 nitrogen and oxygen atoms in total. The average molecular weight is 251 g/mol. The summed E-state index contributed by atoms with van der Waals surface area (Å²) < 4.78 is 13.7. The second kappa shape index (κ2) is 4.40. The number of hydrogen-bond acceptors (Lipinski definition) is 2. The lowest BCUT2D eigenvalue weighted by molar-refractivity contribution is -0.141. The van der Waals surface area contributed by atoms with Crippen LogP contribution < -0.4 is 5.32 Å². The van der Waals surface area contributed by atoms with E-state index in [1.54, 1.807) is 18.2 Å². The van der Waals surface area contributed by atoms with Gasteiger partial charge in [0, 0.05) is 5.56 Å². The van der Waals surface area contributed by atoms with Crippen LogP contribution in [0.1, 0.15) is 25.3 Å². The van der Waals surface area contributed by atoms with Crippen molar-refractivity contribution >= 4 is 11.9 Å². The van der Waals surface area contributed by atoms with Crippen molar-refractivity contribution < 1.29 is 19.1 Å². The minimum atomic E-state index is -1.10. The Morgan fingerprint density at radius 2 is 2.00 bits per heavy atom. The second-order valence-electron chi connectivity index (χ2n) is 4.60. The van der Waals surface area contributed by atoms with Gasteiger partial charge in [0.05, 0.1) is 5.41 Å². The molecule has 1 aromatic carbocycles. The van der Waals surface area contributed by atoms with E-state index in [1.165, 1.54) is 13.0 Å². The monoisotopic (exact) mass is 251 g/mol. The van der Waals surface area contributed by atoms with Crippen LogP contribution in [0.5, 0.6) is 0 Å². The van der Waals surface area contributed by atoms with Crippen LogP contribution in [0, 0.1) is 5.82 Å². The molecule has 0 saturated heterocycles. The Kier molecular flexibility index (Phi) is 3.07. The summed E-state index contributed by atoms with van der Waals surface area (Å²) >= 11 is 0. The van der Waals surface area contributed by atoms with Gasteiger partial charge >= 0.3 is 5.97 Å². The molecule has 1 aliphatic carbocycles.